The summed E-state index contributed by atoms with van der Waals surface area (Å²) >= 11 is 0. The van der Waals surface area contributed by atoms with Gasteiger partial charge in [-0.05, 0) is 68.8 Å². The summed E-state index contributed by atoms with van der Waals surface area (Å²) in [5, 5.41) is 2.06. The van der Waals surface area contributed by atoms with E-state index in [1.54, 1.807) is 0 Å². The molecular formula is C58H35N3O2. The maximum atomic E-state index is 6.63. The lowest BCUT2D eigenvalue weighted by atomic mass is 9.66. The van der Waals surface area contributed by atoms with Crippen LogP contribution in [0.3, 0.4) is 0 Å². The van der Waals surface area contributed by atoms with Crippen LogP contribution in [0.4, 0.5) is 0 Å². The van der Waals surface area contributed by atoms with Crippen molar-refractivity contribution in [1.82, 2.24) is 15.0 Å². The molecule has 1 spiro atoms. The van der Waals surface area contributed by atoms with Crippen LogP contribution in [-0.4, -0.2) is 15.0 Å². The molecule has 2 aliphatic rings. The number of para-hydroxylation sites is 4. The molecule has 9 aromatic carbocycles. The van der Waals surface area contributed by atoms with Crippen molar-refractivity contribution >= 4 is 21.9 Å². The van der Waals surface area contributed by atoms with Crippen LogP contribution in [0.15, 0.2) is 217 Å². The second-order valence-corrected chi connectivity index (χ2v) is 16.2. The van der Waals surface area contributed by atoms with Crippen molar-refractivity contribution < 1.29 is 9.15 Å². The summed E-state index contributed by atoms with van der Waals surface area (Å²) in [5.74, 6) is 3.39. The van der Waals surface area contributed by atoms with Crippen molar-refractivity contribution in [3.63, 3.8) is 0 Å². The van der Waals surface area contributed by atoms with Crippen LogP contribution in [0.2, 0.25) is 0 Å². The highest BCUT2D eigenvalue weighted by atomic mass is 16.5. The minimum absolute atomic E-state index is 0.536. The number of aromatic nitrogens is 3. The zero-order chi connectivity index (χ0) is 41.5. The third-order valence-electron chi connectivity index (χ3n) is 12.9. The fourth-order valence-electron chi connectivity index (χ4n) is 10.2. The molecule has 0 saturated heterocycles. The Hall–Kier alpha value is -8.41. The Labute approximate surface area is 363 Å². The summed E-state index contributed by atoms with van der Waals surface area (Å²) in [5.41, 5.74) is 14.8. The number of hydrogen-bond donors (Lipinski definition) is 0. The quantitative estimate of drug-likeness (QED) is 0.173. The summed E-state index contributed by atoms with van der Waals surface area (Å²) in [6.07, 6.45) is 0. The fourth-order valence-corrected chi connectivity index (χ4v) is 10.2. The molecule has 11 aromatic rings. The molecule has 0 radical (unpaired) electrons. The average molecular weight is 806 g/mol. The van der Waals surface area contributed by atoms with Crippen LogP contribution in [0.5, 0.6) is 11.5 Å². The number of furan rings is 1. The van der Waals surface area contributed by atoms with Crippen molar-refractivity contribution in [2.24, 2.45) is 0 Å². The van der Waals surface area contributed by atoms with E-state index in [1.165, 1.54) is 11.1 Å². The van der Waals surface area contributed by atoms with Gasteiger partial charge in [0, 0.05) is 33.0 Å². The summed E-state index contributed by atoms with van der Waals surface area (Å²) in [6, 6.07) is 74.2. The van der Waals surface area contributed by atoms with Gasteiger partial charge in [-0.25, -0.2) is 15.0 Å². The van der Waals surface area contributed by atoms with E-state index in [0.29, 0.717) is 17.5 Å². The maximum absolute atomic E-state index is 6.63. The van der Waals surface area contributed by atoms with E-state index < -0.39 is 5.41 Å². The largest absolute Gasteiger partial charge is 0.457 e. The van der Waals surface area contributed by atoms with E-state index in [-0.39, 0.29) is 0 Å². The Morgan fingerprint density at radius 2 is 0.810 bits per heavy atom. The lowest BCUT2D eigenvalue weighted by Gasteiger charge is -2.39. The van der Waals surface area contributed by atoms with Crippen LogP contribution < -0.4 is 4.74 Å². The van der Waals surface area contributed by atoms with Gasteiger partial charge >= 0.3 is 0 Å². The molecule has 5 heteroatoms. The molecule has 13 rings (SSSR count). The molecule has 3 heterocycles. The Bertz CT molecular complexity index is 3560. The van der Waals surface area contributed by atoms with E-state index in [9.17, 15) is 0 Å². The van der Waals surface area contributed by atoms with Crippen LogP contribution >= 0.6 is 0 Å². The molecule has 1 aliphatic heterocycles. The third-order valence-corrected chi connectivity index (χ3v) is 12.9. The summed E-state index contributed by atoms with van der Waals surface area (Å²) in [7, 11) is 0. The predicted molar refractivity (Wildman–Crippen MR) is 252 cm³/mol. The molecule has 294 valence electrons. The highest BCUT2D eigenvalue weighted by Gasteiger charge is 2.51. The second kappa shape index (κ2) is 13.8. The molecule has 1 aliphatic carbocycles. The number of ether oxygens (including phenoxy) is 1. The van der Waals surface area contributed by atoms with Crippen molar-refractivity contribution in [1.29, 1.82) is 0 Å². The number of nitrogens with zero attached hydrogens (tertiary/aromatic N) is 3. The van der Waals surface area contributed by atoms with E-state index >= 15 is 0 Å². The van der Waals surface area contributed by atoms with E-state index in [1.807, 2.05) is 36.4 Å². The van der Waals surface area contributed by atoms with E-state index in [0.717, 1.165) is 94.6 Å². The van der Waals surface area contributed by atoms with Crippen LogP contribution in [0.1, 0.15) is 22.3 Å². The molecule has 63 heavy (non-hydrogen) atoms. The van der Waals surface area contributed by atoms with Gasteiger partial charge < -0.3 is 9.15 Å². The first kappa shape index (κ1) is 35.4. The SMILES string of the molecule is c1ccc(-c2ccc(-c3ccccc3-c3nc(-c4cccc5c4-c4ccccc4C54c5ccccc5Oc5ccccc54)nc(-c4cccc5c4oc4ccccc45)n3)cc2)cc1. The predicted octanol–water partition coefficient (Wildman–Crippen LogP) is 14.6. The maximum Gasteiger partial charge on any atom is 0.167 e. The normalized spacial score (nSPS) is 13.0. The summed E-state index contributed by atoms with van der Waals surface area (Å²) in [6.45, 7) is 0. The first-order valence-corrected chi connectivity index (χ1v) is 21.3. The van der Waals surface area contributed by atoms with Crippen molar-refractivity contribution in [2.75, 3.05) is 0 Å². The van der Waals surface area contributed by atoms with Crippen molar-refractivity contribution in [3.05, 3.63) is 235 Å². The van der Waals surface area contributed by atoms with Crippen molar-refractivity contribution in [3.8, 4) is 79.0 Å². The topological polar surface area (TPSA) is 61.0 Å². The van der Waals surface area contributed by atoms with Crippen molar-refractivity contribution in [2.45, 2.75) is 5.41 Å². The molecule has 5 nitrogen and oxygen atoms in total. The second-order valence-electron chi connectivity index (χ2n) is 16.2. The van der Waals surface area contributed by atoms with Gasteiger partial charge in [0.2, 0.25) is 0 Å². The molecular weight excluding hydrogens is 771 g/mol. The zero-order valence-corrected chi connectivity index (χ0v) is 33.9. The number of fused-ring (bicyclic) bond motifs is 12. The molecule has 0 N–H and O–H groups in total. The van der Waals surface area contributed by atoms with Crippen LogP contribution in [0, 0.1) is 0 Å². The fraction of sp³-hybridized carbons (Fsp3) is 0.0172. The lowest BCUT2D eigenvalue weighted by Crippen LogP contribution is -2.32. The van der Waals surface area contributed by atoms with Gasteiger partial charge in [0.1, 0.15) is 22.7 Å². The molecule has 0 unspecified atom stereocenters. The molecule has 0 amide bonds. The van der Waals surface area contributed by atoms with Gasteiger partial charge in [-0.3, -0.25) is 0 Å². The first-order chi connectivity index (χ1) is 31.2. The molecule has 0 saturated carbocycles. The Morgan fingerprint density at radius 1 is 0.317 bits per heavy atom. The van der Waals surface area contributed by atoms with E-state index in [4.69, 9.17) is 24.1 Å². The van der Waals surface area contributed by atoms with Crippen LogP contribution in [0.25, 0.3) is 89.5 Å². The highest BCUT2D eigenvalue weighted by molar-refractivity contribution is 6.09. The van der Waals surface area contributed by atoms with E-state index in [2.05, 4.69) is 176 Å². The minimum Gasteiger partial charge on any atom is -0.457 e. The highest BCUT2D eigenvalue weighted by Crippen LogP contribution is 2.63. The monoisotopic (exact) mass is 805 g/mol. The number of rotatable bonds is 5. The first-order valence-electron chi connectivity index (χ1n) is 21.3. The van der Waals surface area contributed by atoms with Gasteiger partial charge in [-0.2, -0.15) is 0 Å². The van der Waals surface area contributed by atoms with Gasteiger partial charge in [-0.15, -0.1) is 0 Å². The average Bonchev–Trinajstić information content (AvgIpc) is 3.89. The minimum atomic E-state index is -0.634. The summed E-state index contributed by atoms with van der Waals surface area (Å²) < 4.78 is 13.3. The molecule has 2 aromatic heterocycles. The van der Waals surface area contributed by atoms with Crippen LogP contribution in [-0.2, 0) is 5.41 Å². The Kier molecular flexibility index (Phi) is 7.75. The molecule has 0 fully saturated rings. The molecule has 0 atom stereocenters. The van der Waals surface area contributed by atoms with Gasteiger partial charge in [-0.1, -0.05) is 188 Å². The number of benzene rings is 9. The summed E-state index contributed by atoms with van der Waals surface area (Å²) in [4.78, 5) is 16.3. The zero-order valence-electron chi connectivity index (χ0n) is 33.9. The van der Waals surface area contributed by atoms with Gasteiger partial charge in [0.25, 0.3) is 0 Å². The third kappa shape index (κ3) is 5.27. The standard InChI is InChI=1S/C58H35N3O2/c1-2-16-36(17-3-1)37-32-34-38(35-33-37)39-18-4-5-20-42(39)55-59-56(61-57(60-55)45-24-14-22-41-40-19-7-11-29-50(40)63-54(41)45)44-23-15-28-49-53(44)43-21-6-8-25-46(43)58(49)47-26-9-12-30-51(47)62-52-31-13-10-27-48(52)58/h1-35H. The van der Waals surface area contributed by atoms with Gasteiger partial charge in [0.05, 0.1) is 11.0 Å². The number of hydrogen-bond acceptors (Lipinski definition) is 5. The lowest BCUT2D eigenvalue weighted by molar-refractivity contribution is 0.436. The smallest absolute Gasteiger partial charge is 0.167 e. The molecule has 0 bridgehead atoms. The Balaban J connectivity index is 1.07. The Morgan fingerprint density at radius 3 is 1.57 bits per heavy atom. The van der Waals surface area contributed by atoms with Gasteiger partial charge in [0.15, 0.2) is 17.5 Å².